The molecule has 4 N–H and O–H groups in total. The molecule has 15 nitrogen and oxygen atoms in total. The standard InChI is InChI=1S/C40H48N8O7S.2CH4/c1-21(2)33(45-39(51)53-5)37(49)47-15-7-9-27(47)35-41-19-25(43-35)23-11-13-24(14-12-23)29-17-32-30(55-29)18-31(56-32)26-20-42-36(44-26)28-10-8-16-48(28)38(50)34(22(3)4)46-40(52)54-6;;/h11-14,17-22,27-28,33-34H,7-10,15-16H2,1-6H3,(H,41,43)(H,42,44)(H,45,51)(H,46,52);2*1H4/t27-,28-,33-,34-;;/m0../s1. The van der Waals surface area contributed by atoms with E-state index < -0.39 is 24.3 Å². The molecule has 2 fully saturated rings. The third-order valence-corrected chi connectivity index (χ3v) is 11.7. The van der Waals surface area contributed by atoms with Crippen molar-refractivity contribution in [2.24, 2.45) is 11.8 Å². The number of aromatic nitrogens is 4. The molecule has 6 heterocycles. The SMILES string of the molecule is C.C.COC(=O)N[C@H](C(=O)N1CCC[C@H]1c1ncc(-c2ccc(-c3cc4sc(-c5cnc([C@@H]6CCCN6C(=O)[C@@H](NC(=O)OC)C(C)C)[nH]5)cc4o3)cc2)[nH]1)C(C)C. The summed E-state index contributed by atoms with van der Waals surface area (Å²) in [7, 11) is 2.57. The Morgan fingerprint density at radius 3 is 1.72 bits per heavy atom. The van der Waals surface area contributed by atoms with Crippen molar-refractivity contribution in [2.45, 2.75) is 92.4 Å². The molecule has 2 aliphatic heterocycles. The molecule has 7 rings (SSSR count). The molecule has 1 aromatic carbocycles. The van der Waals surface area contributed by atoms with Gasteiger partial charge in [-0.3, -0.25) is 9.59 Å². The van der Waals surface area contributed by atoms with Crippen LogP contribution in [0.25, 0.3) is 43.4 Å². The van der Waals surface area contributed by atoms with Crippen LogP contribution in [0.3, 0.4) is 0 Å². The summed E-state index contributed by atoms with van der Waals surface area (Å²) in [4.78, 5) is 71.8. The average molecular weight is 817 g/mol. The van der Waals surface area contributed by atoms with Crippen molar-refractivity contribution in [3.63, 3.8) is 0 Å². The van der Waals surface area contributed by atoms with Crippen LogP contribution >= 0.6 is 11.3 Å². The maximum absolute atomic E-state index is 13.5. The summed E-state index contributed by atoms with van der Waals surface area (Å²) < 4.78 is 16.8. The van der Waals surface area contributed by atoms with E-state index >= 15 is 0 Å². The molecule has 4 atom stereocenters. The number of nitrogens with one attached hydrogen (secondary N) is 4. The van der Waals surface area contributed by atoms with Gasteiger partial charge in [0, 0.05) is 30.8 Å². The Kier molecular flexibility index (Phi) is 13.7. The monoisotopic (exact) mass is 816 g/mol. The number of imidazole rings is 2. The summed E-state index contributed by atoms with van der Waals surface area (Å²) in [6, 6.07) is 10.3. The summed E-state index contributed by atoms with van der Waals surface area (Å²) in [5.41, 5.74) is 4.33. The fourth-order valence-corrected chi connectivity index (χ4v) is 8.58. The molecule has 5 aromatic rings. The molecule has 312 valence electrons. The number of ether oxygens (including phenoxy) is 2. The van der Waals surface area contributed by atoms with Crippen molar-refractivity contribution in [1.82, 2.24) is 40.4 Å². The second-order valence-electron chi connectivity index (χ2n) is 15.0. The Morgan fingerprint density at radius 1 is 0.759 bits per heavy atom. The fourth-order valence-electron chi connectivity index (χ4n) is 7.59. The number of H-pyrrole nitrogens is 2. The third-order valence-electron chi connectivity index (χ3n) is 10.6. The van der Waals surface area contributed by atoms with Gasteiger partial charge in [-0.05, 0) is 43.1 Å². The predicted octanol–water partition coefficient (Wildman–Crippen LogP) is 8.30. The number of carbonyl (C=O) groups excluding carboxylic acids is 4. The summed E-state index contributed by atoms with van der Waals surface area (Å²) in [6.45, 7) is 8.76. The van der Waals surface area contributed by atoms with E-state index in [4.69, 9.17) is 13.9 Å². The molecule has 58 heavy (non-hydrogen) atoms. The van der Waals surface area contributed by atoms with Gasteiger partial charge in [-0.15, -0.1) is 11.3 Å². The first-order chi connectivity index (χ1) is 26.9. The lowest BCUT2D eigenvalue weighted by molar-refractivity contribution is -0.136. The number of rotatable bonds is 11. The smallest absolute Gasteiger partial charge is 0.407 e. The highest BCUT2D eigenvalue weighted by molar-refractivity contribution is 7.22. The number of hydrogen-bond acceptors (Lipinski definition) is 10. The lowest BCUT2D eigenvalue weighted by Crippen LogP contribution is -2.51. The lowest BCUT2D eigenvalue weighted by Gasteiger charge is -2.30. The number of alkyl carbamates (subject to hydrolysis) is 2. The number of fused-ring (bicyclic) bond motifs is 1. The molecule has 2 aliphatic rings. The number of amides is 4. The summed E-state index contributed by atoms with van der Waals surface area (Å²) >= 11 is 1.60. The van der Waals surface area contributed by atoms with E-state index in [1.54, 1.807) is 33.5 Å². The first kappa shape index (κ1) is 43.5. The van der Waals surface area contributed by atoms with Gasteiger partial charge in [0.25, 0.3) is 0 Å². The number of furan rings is 1. The zero-order valence-electron chi connectivity index (χ0n) is 32.4. The van der Waals surface area contributed by atoms with Gasteiger partial charge < -0.3 is 44.3 Å². The molecule has 2 saturated heterocycles. The molecule has 4 amide bonds. The van der Waals surface area contributed by atoms with Crippen LogP contribution in [0.4, 0.5) is 9.59 Å². The fraction of sp³-hybridized carbons (Fsp3) is 0.476. The topological polar surface area (TPSA) is 188 Å². The molecule has 0 bridgehead atoms. The molecule has 0 radical (unpaired) electrons. The van der Waals surface area contributed by atoms with Crippen LogP contribution in [0.15, 0.2) is 53.2 Å². The summed E-state index contributed by atoms with van der Waals surface area (Å²) in [6.07, 6.45) is 5.55. The number of methoxy groups -OCH3 is 2. The Labute approximate surface area is 343 Å². The molecular formula is C42H56N8O7S. The van der Waals surface area contributed by atoms with Crippen LogP contribution in [0.1, 0.15) is 92.0 Å². The maximum atomic E-state index is 13.5. The maximum Gasteiger partial charge on any atom is 0.407 e. The number of likely N-dealkylation sites (tertiary alicyclic amines) is 2. The van der Waals surface area contributed by atoms with Gasteiger partial charge in [0.15, 0.2) is 0 Å². The minimum absolute atomic E-state index is 0. The van der Waals surface area contributed by atoms with Gasteiger partial charge in [-0.25, -0.2) is 19.6 Å². The van der Waals surface area contributed by atoms with Crippen LogP contribution in [0.2, 0.25) is 0 Å². The molecule has 0 unspecified atom stereocenters. The van der Waals surface area contributed by atoms with E-state index in [2.05, 4.69) is 30.6 Å². The van der Waals surface area contributed by atoms with Gasteiger partial charge in [0.05, 0.1) is 59.7 Å². The van der Waals surface area contributed by atoms with Crippen LogP contribution in [-0.4, -0.2) is 93.1 Å². The summed E-state index contributed by atoms with van der Waals surface area (Å²) in [5.74, 6) is 1.66. The highest BCUT2D eigenvalue weighted by Crippen LogP contribution is 2.40. The Morgan fingerprint density at radius 2 is 1.24 bits per heavy atom. The van der Waals surface area contributed by atoms with Crippen molar-refractivity contribution in [1.29, 1.82) is 0 Å². The molecule has 4 aromatic heterocycles. The van der Waals surface area contributed by atoms with Crippen molar-refractivity contribution in [3.05, 3.63) is 60.4 Å². The van der Waals surface area contributed by atoms with Gasteiger partial charge in [-0.1, -0.05) is 66.8 Å². The quantitative estimate of drug-likeness (QED) is 0.102. The number of thiophene rings is 1. The first-order valence-electron chi connectivity index (χ1n) is 19.0. The number of hydrogen-bond donors (Lipinski definition) is 4. The van der Waals surface area contributed by atoms with Gasteiger partial charge in [0.1, 0.15) is 35.1 Å². The highest BCUT2D eigenvalue weighted by Gasteiger charge is 2.39. The summed E-state index contributed by atoms with van der Waals surface area (Å²) in [5, 5.41) is 5.38. The Balaban J connectivity index is 0.00000320. The predicted molar refractivity (Wildman–Crippen MR) is 224 cm³/mol. The second kappa shape index (κ2) is 18.3. The largest absolute Gasteiger partial charge is 0.455 e. The van der Waals surface area contributed by atoms with E-state index in [0.717, 1.165) is 69.1 Å². The third kappa shape index (κ3) is 8.76. The second-order valence-corrected chi connectivity index (χ2v) is 16.1. The Bertz CT molecular complexity index is 2170. The van der Waals surface area contributed by atoms with Crippen LogP contribution in [0, 0.1) is 11.8 Å². The van der Waals surface area contributed by atoms with Crippen molar-refractivity contribution in [3.8, 4) is 33.2 Å². The van der Waals surface area contributed by atoms with Gasteiger partial charge in [0.2, 0.25) is 11.8 Å². The van der Waals surface area contributed by atoms with Gasteiger partial charge in [-0.2, -0.15) is 0 Å². The van der Waals surface area contributed by atoms with Crippen molar-refractivity contribution < 1.29 is 33.1 Å². The van der Waals surface area contributed by atoms with E-state index in [1.165, 1.54) is 14.2 Å². The average Bonchev–Trinajstić information content (AvgIpc) is 4.04. The van der Waals surface area contributed by atoms with Crippen LogP contribution in [-0.2, 0) is 19.1 Å². The number of aromatic amines is 2. The van der Waals surface area contributed by atoms with Crippen molar-refractivity contribution in [2.75, 3.05) is 27.3 Å². The van der Waals surface area contributed by atoms with Crippen LogP contribution < -0.4 is 10.6 Å². The van der Waals surface area contributed by atoms with Crippen molar-refractivity contribution >= 4 is 45.6 Å². The normalized spacial score (nSPS) is 17.5. The molecule has 0 saturated carbocycles. The molecule has 0 aliphatic carbocycles. The minimum Gasteiger partial charge on any atom is -0.455 e. The first-order valence-corrected chi connectivity index (χ1v) is 19.8. The Hall–Kier alpha value is -5.64. The van der Waals surface area contributed by atoms with E-state index in [-0.39, 0.29) is 50.6 Å². The lowest BCUT2D eigenvalue weighted by atomic mass is 10.0. The molecular weight excluding hydrogens is 761 g/mol. The molecule has 0 spiro atoms. The van der Waals surface area contributed by atoms with E-state index in [1.807, 2.05) is 64.1 Å². The van der Waals surface area contributed by atoms with E-state index in [9.17, 15) is 19.2 Å². The zero-order valence-corrected chi connectivity index (χ0v) is 33.2. The highest BCUT2D eigenvalue weighted by atomic mass is 32.1. The molecule has 16 heteroatoms. The zero-order chi connectivity index (χ0) is 39.7. The van der Waals surface area contributed by atoms with Gasteiger partial charge >= 0.3 is 12.2 Å². The number of carbonyl (C=O) groups is 4. The van der Waals surface area contributed by atoms with E-state index in [0.29, 0.717) is 24.7 Å². The number of benzene rings is 1. The van der Waals surface area contributed by atoms with Crippen LogP contribution in [0.5, 0.6) is 0 Å². The minimum atomic E-state index is -0.695. The number of nitrogens with zero attached hydrogens (tertiary/aromatic N) is 4.